The van der Waals surface area contributed by atoms with Crippen LogP contribution in [-0.2, 0) is 26.1 Å². The van der Waals surface area contributed by atoms with Gasteiger partial charge in [0.05, 0.1) is 26.3 Å². The highest BCUT2D eigenvalue weighted by Gasteiger charge is 2.27. The number of hydrogen-bond donors (Lipinski definition) is 3. The summed E-state index contributed by atoms with van der Waals surface area (Å²) >= 11 is 6.88. The number of hydrogen-bond acceptors (Lipinski definition) is 6. The third-order valence-electron chi connectivity index (χ3n) is 4.16. The zero-order chi connectivity index (χ0) is 21.6. The average molecular weight is 473 g/mol. The Kier molecular flexibility index (Phi) is 7.67. The fourth-order valence-electron chi connectivity index (χ4n) is 2.63. The normalized spacial score (nSPS) is 14.8. The summed E-state index contributed by atoms with van der Waals surface area (Å²) in [6.07, 6.45) is 0. The van der Waals surface area contributed by atoms with E-state index in [1.807, 2.05) is 0 Å². The molecule has 3 rings (SSSR count). The first kappa shape index (κ1) is 22.5. The SMILES string of the molecule is O=C(CNC(=O)NCc1ccc(S(=O)(=O)N2CCOCC2)s1)Nc1ccc(Cl)cc1. The Bertz CT molecular complexity index is 988. The maximum atomic E-state index is 12.6. The van der Waals surface area contributed by atoms with Crippen LogP contribution in [0.5, 0.6) is 0 Å². The molecule has 2 aromatic rings. The molecule has 1 aromatic heterocycles. The Morgan fingerprint density at radius 1 is 1.07 bits per heavy atom. The minimum atomic E-state index is -3.55. The topological polar surface area (TPSA) is 117 Å². The number of benzene rings is 1. The molecule has 0 saturated carbocycles. The quantitative estimate of drug-likeness (QED) is 0.568. The zero-order valence-electron chi connectivity index (χ0n) is 15.9. The average Bonchev–Trinajstić information content (AvgIpc) is 3.23. The molecule has 2 heterocycles. The van der Waals surface area contributed by atoms with Crippen molar-refractivity contribution in [3.05, 3.63) is 46.3 Å². The number of morpholine rings is 1. The summed E-state index contributed by atoms with van der Waals surface area (Å²) in [7, 11) is -3.55. The van der Waals surface area contributed by atoms with Crippen LogP contribution in [0.15, 0.2) is 40.6 Å². The molecule has 1 saturated heterocycles. The maximum absolute atomic E-state index is 12.6. The number of nitrogens with one attached hydrogen (secondary N) is 3. The minimum absolute atomic E-state index is 0.147. The molecule has 1 fully saturated rings. The second kappa shape index (κ2) is 10.2. The number of ether oxygens (including phenoxy) is 1. The molecule has 1 aliphatic rings. The molecule has 12 heteroatoms. The summed E-state index contributed by atoms with van der Waals surface area (Å²) in [5, 5.41) is 8.24. The third-order valence-corrected chi connectivity index (χ3v) is 7.87. The van der Waals surface area contributed by atoms with Crippen molar-refractivity contribution < 1.29 is 22.7 Å². The predicted molar refractivity (Wildman–Crippen MR) is 114 cm³/mol. The van der Waals surface area contributed by atoms with Gasteiger partial charge >= 0.3 is 6.03 Å². The van der Waals surface area contributed by atoms with Gasteiger partial charge in [-0.1, -0.05) is 11.6 Å². The predicted octanol–water partition coefficient (Wildman–Crippen LogP) is 1.86. The summed E-state index contributed by atoms with van der Waals surface area (Å²) in [5.74, 6) is -0.387. The van der Waals surface area contributed by atoms with Gasteiger partial charge in [-0.25, -0.2) is 13.2 Å². The van der Waals surface area contributed by atoms with E-state index in [4.69, 9.17) is 16.3 Å². The van der Waals surface area contributed by atoms with Crippen molar-refractivity contribution >= 4 is 50.6 Å². The van der Waals surface area contributed by atoms with Gasteiger partial charge in [0.25, 0.3) is 10.0 Å². The number of anilines is 1. The molecule has 0 bridgehead atoms. The van der Waals surface area contributed by atoms with E-state index in [2.05, 4.69) is 16.0 Å². The molecule has 1 aliphatic heterocycles. The van der Waals surface area contributed by atoms with Crippen LogP contribution in [0.25, 0.3) is 0 Å². The molecule has 1 aromatic carbocycles. The Hall–Kier alpha value is -2.18. The Morgan fingerprint density at radius 2 is 1.77 bits per heavy atom. The second-order valence-electron chi connectivity index (χ2n) is 6.33. The maximum Gasteiger partial charge on any atom is 0.315 e. The molecule has 30 heavy (non-hydrogen) atoms. The Balaban J connectivity index is 1.43. The number of amides is 3. The van der Waals surface area contributed by atoms with Crippen LogP contribution in [0.1, 0.15) is 4.88 Å². The summed E-state index contributed by atoms with van der Waals surface area (Å²) < 4.78 is 32.0. The molecule has 0 aliphatic carbocycles. The molecule has 0 radical (unpaired) electrons. The molecule has 3 amide bonds. The van der Waals surface area contributed by atoms with E-state index in [0.29, 0.717) is 41.9 Å². The fraction of sp³-hybridized carbons (Fsp3) is 0.333. The fourth-order valence-corrected chi connectivity index (χ4v) is 5.62. The number of sulfonamides is 1. The van der Waals surface area contributed by atoms with E-state index in [-0.39, 0.29) is 23.2 Å². The number of rotatable bonds is 7. The van der Waals surface area contributed by atoms with E-state index in [9.17, 15) is 18.0 Å². The number of urea groups is 1. The van der Waals surface area contributed by atoms with Gasteiger partial charge in [-0.05, 0) is 36.4 Å². The molecule has 3 N–H and O–H groups in total. The highest BCUT2D eigenvalue weighted by molar-refractivity contribution is 7.91. The largest absolute Gasteiger partial charge is 0.379 e. The van der Waals surface area contributed by atoms with Crippen molar-refractivity contribution in [3.63, 3.8) is 0 Å². The molecule has 0 spiro atoms. The van der Waals surface area contributed by atoms with Gasteiger partial charge in [0.15, 0.2) is 0 Å². The van der Waals surface area contributed by atoms with Crippen molar-refractivity contribution in [2.75, 3.05) is 38.2 Å². The minimum Gasteiger partial charge on any atom is -0.379 e. The van der Waals surface area contributed by atoms with E-state index < -0.39 is 16.1 Å². The second-order valence-corrected chi connectivity index (χ2v) is 10.1. The molecule has 0 unspecified atom stereocenters. The highest BCUT2D eigenvalue weighted by Crippen LogP contribution is 2.25. The summed E-state index contributed by atoms with van der Waals surface area (Å²) in [6, 6.07) is 9.25. The van der Waals surface area contributed by atoms with Gasteiger partial charge in [0.1, 0.15) is 4.21 Å². The van der Waals surface area contributed by atoms with E-state index in [1.54, 1.807) is 30.3 Å². The number of halogens is 1. The lowest BCUT2D eigenvalue weighted by molar-refractivity contribution is -0.115. The molecule has 9 nitrogen and oxygen atoms in total. The van der Waals surface area contributed by atoms with Crippen molar-refractivity contribution in [1.82, 2.24) is 14.9 Å². The van der Waals surface area contributed by atoms with Gasteiger partial charge in [-0.2, -0.15) is 4.31 Å². The number of nitrogens with zero attached hydrogens (tertiary/aromatic N) is 1. The number of carbonyl (C=O) groups is 2. The number of thiophene rings is 1. The van der Waals surface area contributed by atoms with Crippen LogP contribution in [0.4, 0.5) is 10.5 Å². The first-order valence-electron chi connectivity index (χ1n) is 9.08. The lowest BCUT2D eigenvalue weighted by atomic mass is 10.3. The van der Waals surface area contributed by atoms with Gasteiger partial charge in [0, 0.05) is 28.7 Å². The van der Waals surface area contributed by atoms with Crippen LogP contribution < -0.4 is 16.0 Å². The lowest BCUT2D eigenvalue weighted by Gasteiger charge is -2.25. The van der Waals surface area contributed by atoms with Crippen LogP contribution in [-0.4, -0.2) is 57.5 Å². The lowest BCUT2D eigenvalue weighted by Crippen LogP contribution is -2.40. The van der Waals surface area contributed by atoms with E-state index >= 15 is 0 Å². The smallest absolute Gasteiger partial charge is 0.315 e. The molecular weight excluding hydrogens is 452 g/mol. The summed E-state index contributed by atoms with van der Waals surface area (Å²) in [6.45, 7) is 1.35. The van der Waals surface area contributed by atoms with Gasteiger partial charge in [0.2, 0.25) is 5.91 Å². The standard InChI is InChI=1S/C18H21ClN4O5S2/c19-13-1-3-14(4-2-13)22-16(24)12-21-18(25)20-11-15-5-6-17(29-15)30(26,27)23-7-9-28-10-8-23/h1-6H,7-12H2,(H,22,24)(H2,20,21,25). The van der Waals surface area contributed by atoms with Crippen molar-refractivity contribution in [1.29, 1.82) is 0 Å². The number of carbonyl (C=O) groups excluding carboxylic acids is 2. The Morgan fingerprint density at radius 3 is 2.47 bits per heavy atom. The van der Waals surface area contributed by atoms with Crippen LogP contribution >= 0.6 is 22.9 Å². The van der Waals surface area contributed by atoms with Crippen molar-refractivity contribution in [2.24, 2.45) is 0 Å². The zero-order valence-corrected chi connectivity index (χ0v) is 18.3. The van der Waals surface area contributed by atoms with E-state index in [1.165, 1.54) is 10.4 Å². The van der Waals surface area contributed by atoms with Gasteiger partial charge in [-0.15, -0.1) is 11.3 Å². The Labute approximate surface area is 183 Å². The van der Waals surface area contributed by atoms with E-state index in [0.717, 1.165) is 11.3 Å². The first-order chi connectivity index (χ1) is 14.3. The summed E-state index contributed by atoms with van der Waals surface area (Å²) in [4.78, 5) is 24.5. The monoisotopic (exact) mass is 472 g/mol. The van der Waals surface area contributed by atoms with Gasteiger partial charge < -0.3 is 20.7 Å². The molecule has 0 atom stereocenters. The first-order valence-corrected chi connectivity index (χ1v) is 11.7. The van der Waals surface area contributed by atoms with Crippen molar-refractivity contribution in [2.45, 2.75) is 10.8 Å². The molecule has 162 valence electrons. The van der Waals surface area contributed by atoms with Crippen LogP contribution in [0.3, 0.4) is 0 Å². The van der Waals surface area contributed by atoms with Gasteiger partial charge in [-0.3, -0.25) is 4.79 Å². The highest BCUT2D eigenvalue weighted by atomic mass is 35.5. The van der Waals surface area contributed by atoms with Crippen LogP contribution in [0, 0.1) is 0 Å². The third kappa shape index (κ3) is 6.16. The van der Waals surface area contributed by atoms with Crippen LogP contribution in [0.2, 0.25) is 5.02 Å². The molecular formula is C18H21ClN4O5S2. The van der Waals surface area contributed by atoms with Crippen molar-refractivity contribution in [3.8, 4) is 0 Å². The summed E-state index contributed by atoms with van der Waals surface area (Å²) in [5.41, 5.74) is 0.569.